The molecule has 2 saturated heterocycles. The van der Waals surface area contributed by atoms with E-state index in [9.17, 15) is 26.4 Å². The minimum Gasteiger partial charge on any atom is -0.493 e. The topological polar surface area (TPSA) is 70.2 Å². The Morgan fingerprint density at radius 2 is 1.61 bits per heavy atom. The Hall–Kier alpha value is -2.63. The van der Waals surface area contributed by atoms with Gasteiger partial charge >= 0.3 is 0 Å². The van der Waals surface area contributed by atoms with Crippen LogP contribution in [-0.4, -0.2) is 81.4 Å². The van der Waals surface area contributed by atoms with Crippen molar-refractivity contribution in [2.24, 2.45) is 5.41 Å². The number of piperazine rings is 1. The molecule has 2 aromatic carbocycles. The fourth-order valence-electron chi connectivity index (χ4n) is 4.79. The Bertz CT molecular complexity index is 1170. The lowest BCUT2D eigenvalue weighted by Crippen LogP contribution is -2.53. The van der Waals surface area contributed by atoms with Gasteiger partial charge in [-0.05, 0) is 56.3 Å². The summed E-state index contributed by atoms with van der Waals surface area (Å²) in [5, 5.41) is 0. The monoisotopic (exact) mass is 525 g/mol. The second-order valence-electron chi connectivity index (χ2n) is 9.60. The Kier molecular flexibility index (Phi) is 7.91. The Morgan fingerprint density at radius 1 is 0.972 bits per heavy atom. The van der Waals surface area contributed by atoms with Crippen LogP contribution >= 0.6 is 0 Å². The zero-order valence-corrected chi connectivity index (χ0v) is 20.9. The van der Waals surface area contributed by atoms with Gasteiger partial charge in [0.2, 0.25) is 15.9 Å². The molecule has 0 saturated carbocycles. The zero-order valence-electron chi connectivity index (χ0n) is 20.1. The number of likely N-dealkylation sites (N-methyl/N-ethyl adjacent to an activating group) is 1. The SMILES string of the molecule is CN1CCN(C(=O)C[C@]2(COc3ccc(F)cc3)CCCN(S(=O)(=O)c3c(F)cccc3F)C2)CC1. The van der Waals surface area contributed by atoms with E-state index in [0.717, 1.165) is 35.6 Å². The first kappa shape index (κ1) is 26.4. The van der Waals surface area contributed by atoms with E-state index in [4.69, 9.17) is 4.74 Å². The molecular weight excluding hydrogens is 495 g/mol. The summed E-state index contributed by atoms with van der Waals surface area (Å²) in [6, 6.07) is 8.32. The molecule has 2 aliphatic rings. The van der Waals surface area contributed by atoms with Gasteiger partial charge in [0, 0.05) is 51.1 Å². The summed E-state index contributed by atoms with van der Waals surface area (Å²) in [5.74, 6) is -2.50. The van der Waals surface area contributed by atoms with Crippen LogP contribution < -0.4 is 4.74 Å². The summed E-state index contributed by atoms with van der Waals surface area (Å²) in [6.45, 7) is 2.51. The van der Waals surface area contributed by atoms with Crippen LogP contribution in [-0.2, 0) is 14.8 Å². The molecule has 196 valence electrons. The van der Waals surface area contributed by atoms with Gasteiger partial charge in [0.1, 0.15) is 23.2 Å². The molecule has 1 amide bonds. The number of sulfonamides is 1. The van der Waals surface area contributed by atoms with Gasteiger partial charge in [-0.1, -0.05) is 6.07 Å². The molecule has 4 rings (SSSR count). The van der Waals surface area contributed by atoms with Crippen molar-refractivity contribution in [2.45, 2.75) is 24.2 Å². The standard InChI is InChI=1S/C25H30F3N3O4S/c1-29-12-14-30(15-13-29)23(32)16-25(18-35-20-8-6-19(26)7-9-20)10-3-11-31(17-25)36(33,34)24-21(27)4-2-5-22(24)28/h2,4-9H,3,10-18H2,1H3/t25-/m1/s1. The molecule has 36 heavy (non-hydrogen) atoms. The van der Waals surface area contributed by atoms with E-state index >= 15 is 0 Å². The quantitative estimate of drug-likeness (QED) is 0.556. The average Bonchev–Trinajstić information content (AvgIpc) is 2.84. The number of halogens is 3. The Morgan fingerprint density at radius 3 is 2.25 bits per heavy atom. The van der Waals surface area contributed by atoms with Crippen molar-refractivity contribution >= 4 is 15.9 Å². The maximum atomic E-state index is 14.4. The van der Waals surface area contributed by atoms with Crippen molar-refractivity contribution in [3.05, 3.63) is 59.9 Å². The van der Waals surface area contributed by atoms with Crippen molar-refractivity contribution < 1.29 is 31.1 Å². The van der Waals surface area contributed by atoms with E-state index in [1.807, 2.05) is 7.05 Å². The number of carbonyl (C=O) groups is 1. The lowest BCUT2D eigenvalue weighted by atomic mass is 9.78. The Labute approximate surface area is 209 Å². The fourth-order valence-corrected chi connectivity index (χ4v) is 6.50. The van der Waals surface area contributed by atoms with Crippen LogP contribution in [0.25, 0.3) is 0 Å². The molecule has 2 heterocycles. The van der Waals surface area contributed by atoms with Crippen molar-refractivity contribution in [3.8, 4) is 5.75 Å². The third-order valence-corrected chi connectivity index (χ3v) is 8.78. The number of ether oxygens (including phenoxy) is 1. The third kappa shape index (κ3) is 5.84. The number of benzene rings is 2. The van der Waals surface area contributed by atoms with Gasteiger partial charge in [0.25, 0.3) is 0 Å². The molecule has 1 atom stereocenters. The molecule has 2 aromatic rings. The molecule has 7 nitrogen and oxygen atoms in total. The van der Waals surface area contributed by atoms with Crippen molar-refractivity contribution in [2.75, 3.05) is 52.9 Å². The molecule has 0 N–H and O–H groups in total. The molecule has 11 heteroatoms. The zero-order chi connectivity index (χ0) is 25.9. The van der Waals surface area contributed by atoms with Crippen molar-refractivity contribution in [1.82, 2.24) is 14.1 Å². The third-order valence-electron chi connectivity index (χ3n) is 6.88. The van der Waals surface area contributed by atoms with Crippen LogP contribution in [0.5, 0.6) is 5.75 Å². The predicted octanol–water partition coefficient (Wildman–Crippen LogP) is 3.12. The first-order valence-electron chi connectivity index (χ1n) is 11.9. The number of amides is 1. The van der Waals surface area contributed by atoms with Gasteiger partial charge in [-0.15, -0.1) is 0 Å². The van der Waals surface area contributed by atoms with Gasteiger partial charge in [-0.25, -0.2) is 21.6 Å². The minimum absolute atomic E-state index is 0.0100. The highest BCUT2D eigenvalue weighted by atomic mass is 32.2. The van der Waals surface area contributed by atoms with Crippen LogP contribution in [0, 0.1) is 22.9 Å². The number of carbonyl (C=O) groups excluding carboxylic acids is 1. The van der Waals surface area contributed by atoms with E-state index in [-0.39, 0.29) is 32.0 Å². The van der Waals surface area contributed by atoms with Crippen molar-refractivity contribution in [3.63, 3.8) is 0 Å². The van der Waals surface area contributed by atoms with E-state index < -0.39 is 37.8 Å². The smallest absolute Gasteiger partial charge is 0.248 e. The second kappa shape index (κ2) is 10.8. The number of hydrogen-bond acceptors (Lipinski definition) is 5. The molecule has 0 spiro atoms. The normalized spacial score (nSPS) is 21.9. The molecular formula is C25H30F3N3O4S. The largest absolute Gasteiger partial charge is 0.493 e. The molecule has 0 unspecified atom stereocenters. The van der Waals surface area contributed by atoms with E-state index in [1.165, 1.54) is 24.3 Å². The highest BCUT2D eigenvalue weighted by molar-refractivity contribution is 7.89. The lowest BCUT2D eigenvalue weighted by Gasteiger charge is -2.43. The number of nitrogens with zero attached hydrogens (tertiary/aromatic N) is 3. The number of hydrogen-bond donors (Lipinski definition) is 0. The molecule has 0 bridgehead atoms. The first-order valence-corrected chi connectivity index (χ1v) is 13.3. The molecule has 0 aromatic heterocycles. The van der Waals surface area contributed by atoms with E-state index in [2.05, 4.69) is 4.90 Å². The van der Waals surface area contributed by atoms with Crippen LogP contribution in [0.4, 0.5) is 13.2 Å². The first-order chi connectivity index (χ1) is 17.1. The van der Waals surface area contributed by atoms with Gasteiger partial charge in [0.15, 0.2) is 4.90 Å². The second-order valence-corrected chi connectivity index (χ2v) is 11.5. The van der Waals surface area contributed by atoms with Crippen LogP contribution in [0.1, 0.15) is 19.3 Å². The number of rotatable bonds is 7. The average molecular weight is 526 g/mol. The Balaban J connectivity index is 1.60. The van der Waals surface area contributed by atoms with E-state index in [0.29, 0.717) is 31.7 Å². The number of piperidine rings is 1. The van der Waals surface area contributed by atoms with Crippen LogP contribution in [0.3, 0.4) is 0 Å². The van der Waals surface area contributed by atoms with Gasteiger partial charge in [-0.2, -0.15) is 4.31 Å². The molecule has 0 aliphatic carbocycles. The van der Waals surface area contributed by atoms with Crippen LogP contribution in [0.2, 0.25) is 0 Å². The van der Waals surface area contributed by atoms with Gasteiger partial charge in [-0.3, -0.25) is 4.79 Å². The lowest BCUT2D eigenvalue weighted by molar-refractivity contribution is -0.136. The fraction of sp³-hybridized carbons (Fsp3) is 0.480. The summed E-state index contributed by atoms with van der Waals surface area (Å²) in [5.41, 5.74) is -0.929. The maximum Gasteiger partial charge on any atom is 0.248 e. The van der Waals surface area contributed by atoms with E-state index in [1.54, 1.807) is 4.90 Å². The molecule has 2 aliphatic heterocycles. The summed E-state index contributed by atoms with van der Waals surface area (Å²) in [6.07, 6.45) is 0.890. The minimum atomic E-state index is -4.50. The summed E-state index contributed by atoms with van der Waals surface area (Å²) < 4.78 is 75.7. The van der Waals surface area contributed by atoms with Crippen LogP contribution in [0.15, 0.2) is 47.4 Å². The highest BCUT2D eigenvalue weighted by Crippen LogP contribution is 2.38. The summed E-state index contributed by atoms with van der Waals surface area (Å²) in [7, 11) is -2.53. The summed E-state index contributed by atoms with van der Waals surface area (Å²) in [4.78, 5) is 16.2. The molecule has 0 radical (unpaired) electrons. The van der Waals surface area contributed by atoms with Gasteiger partial charge in [0.05, 0.1) is 6.61 Å². The summed E-state index contributed by atoms with van der Waals surface area (Å²) >= 11 is 0. The predicted molar refractivity (Wildman–Crippen MR) is 127 cm³/mol. The highest BCUT2D eigenvalue weighted by Gasteiger charge is 2.44. The van der Waals surface area contributed by atoms with Crippen molar-refractivity contribution in [1.29, 1.82) is 0 Å². The van der Waals surface area contributed by atoms with Gasteiger partial charge < -0.3 is 14.5 Å². The maximum absolute atomic E-state index is 14.4. The molecule has 2 fully saturated rings.